The molecule has 0 aliphatic heterocycles. The first-order valence-corrected chi connectivity index (χ1v) is 8.33. The number of nitrogen functional groups attached to an aromatic ring is 1. The summed E-state index contributed by atoms with van der Waals surface area (Å²) in [5.74, 6) is -0.472. The van der Waals surface area contributed by atoms with Crippen LogP contribution in [0.15, 0.2) is 21.5 Å². The number of ether oxygens (including phenoxy) is 1. The van der Waals surface area contributed by atoms with Crippen molar-refractivity contribution in [3.8, 4) is 0 Å². The van der Waals surface area contributed by atoms with Gasteiger partial charge >= 0.3 is 5.97 Å². The van der Waals surface area contributed by atoms with Crippen LogP contribution in [0, 0.1) is 0 Å². The van der Waals surface area contributed by atoms with Crippen LogP contribution >= 0.6 is 27.5 Å². The lowest BCUT2D eigenvalue weighted by molar-refractivity contribution is -0.142. The monoisotopic (exact) mass is 384 g/mol. The summed E-state index contributed by atoms with van der Waals surface area (Å²) in [7, 11) is -3.82. The minimum Gasteiger partial charge on any atom is -0.466 e. The third-order valence-electron chi connectivity index (χ3n) is 2.25. The van der Waals surface area contributed by atoms with Crippen LogP contribution in [0.2, 0.25) is 5.02 Å². The summed E-state index contributed by atoms with van der Waals surface area (Å²) in [4.78, 5) is 11.1. The Balaban J connectivity index is 2.82. The summed E-state index contributed by atoms with van der Waals surface area (Å²) in [5, 5.41) is 0.205. The van der Waals surface area contributed by atoms with E-state index in [-0.39, 0.29) is 39.7 Å². The van der Waals surface area contributed by atoms with Gasteiger partial charge in [0.1, 0.15) is 0 Å². The van der Waals surface area contributed by atoms with Gasteiger partial charge in [0.2, 0.25) is 10.0 Å². The number of anilines is 1. The summed E-state index contributed by atoms with van der Waals surface area (Å²) < 4.78 is 31.4. The maximum absolute atomic E-state index is 12.1. The Morgan fingerprint density at radius 2 is 2.15 bits per heavy atom. The Morgan fingerprint density at radius 1 is 1.50 bits per heavy atom. The van der Waals surface area contributed by atoms with Crippen molar-refractivity contribution in [3.05, 3.63) is 21.6 Å². The lowest BCUT2D eigenvalue weighted by Crippen LogP contribution is -2.27. The molecule has 1 aromatic rings. The standard InChI is InChI=1S/C11H14BrClN2O4S/c1-2-19-10(16)3-4-15-20(17,18)9-6-7(13)5-8(14)11(9)12/h5-6,15H,2-4,14H2,1H3. The van der Waals surface area contributed by atoms with Crippen molar-refractivity contribution in [1.82, 2.24) is 4.72 Å². The number of carbonyl (C=O) groups is 1. The molecule has 0 spiro atoms. The van der Waals surface area contributed by atoms with Gasteiger partial charge in [-0.15, -0.1) is 0 Å². The first-order valence-electron chi connectivity index (χ1n) is 5.67. The molecule has 9 heteroatoms. The van der Waals surface area contributed by atoms with E-state index in [2.05, 4.69) is 20.7 Å². The van der Waals surface area contributed by atoms with Gasteiger partial charge in [-0.2, -0.15) is 0 Å². The zero-order valence-electron chi connectivity index (χ0n) is 10.7. The average molecular weight is 386 g/mol. The van der Waals surface area contributed by atoms with Gasteiger partial charge in [0.05, 0.1) is 22.4 Å². The second kappa shape index (κ2) is 7.26. The molecule has 112 valence electrons. The topological polar surface area (TPSA) is 98.5 Å². The predicted molar refractivity (Wildman–Crippen MR) is 80.0 cm³/mol. The van der Waals surface area contributed by atoms with E-state index in [9.17, 15) is 13.2 Å². The highest BCUT2D eigenvalue weighted by atomic mass is 79.9. The molecule has 0 saturated carbocycles. The fourth-order valence-electron chi connectivity index (χ4n) is 1.38. The number of sulfonamides is 1. The molecule has 0 radical (unpaired) electrons. The number of halogens is 2. The second-order valence-corrected chi connectivity index (χ2v) is 6.72. The van der Waals surface area contributed by atoms with Gasteiger partial charge in [0, 0.05) is 17.3 Å². The van der Waals surface area contributed by atoms with E-state index >= 15 is 0 Å². The van der Waals surface area contributed by atoms with Gasteiger partial charge in [0.15, 0.2) is 0 Å². The van der Waals surface area contributed by atoms with E-state index in [1.165, 1.54) is 12.1 Å². The van der Waals surface area contributed by atoms with Crippen LogP contribution < -0.4 is 10.5 Å². The summed E-state index contributed by atoms with van der Waals surface area (Å²) in [6, 6.07) is 2.71. The van der Waals surface area contributed by atoms with E-state index < -0.39 is 16.0 Å². The van der Waals surface area contributed by atoms with Crippen LogP contribution in [-0.2, 0) is 19.6 Å². The molecular formula is C11H14BrClN2O4S. The fourth-order valence-corrected chi connectivity index (χ4v) is 3.70. The maximum atomic E-state index is 12.1. The third kappa shape index (κ3) is 4.62. The summed E-state index contributed by atoms with van der Waals surface area (Å²) in [6.07, 6.45) is -0.0548. The first-order chi connectivity index (χ1) is 9.27. The van der Waals surface area contributed by atoms with Gasteiger partial charge in [-0.25, -0.2) is 13.1 Å². The van der Waals surface area contributed by atoms with Crippen LogP contribution in [-0.4, -0.2) is 27.5 Å². The molecule has 0 saturated heterocycles. The fraction of sp³-hybridized carbons (Fsp3) is 0.364. The third-order valence-corrected chi connectivity index (χ3v) is 5.10. The smallest absolute Gasteiger partial charge is 0.307 e. The summed E-state index contributed by atoms with van der Waals surface area (Å²) in [6.45, 7) is 1.86. The first kappa shape index (κ1) is 17.2. The number of rotatable bonds is 6. The van der Waals surface area contributed by atoms with Gasteiger partial charge in [0.25, 0.3) is 0 Å². The van der Waals surface area contributed by atoms with Crippen LogP contribution in [0.5, 0.6) is 0 Å². The second-order valence-electron chi connectivity index (χ2n) is 3.76. The van der Waals surface area contributed by atoms with Gasteiger partial charge in [-0.05, 0) is 35.0 Å². The van der Waals surface area contributed by atoms with E-state index in [1.807, 2.05) is 0 Å². The molecule has 0 bridgehead atoms. The number of hydrogen-bond donors (Lipinski definition) is 2. The van der Waals surface area contributed by atoms with Crippen LogP contribution in [0.1, 0.15) is 13.3 Å². The Kier molecular flexibility index (Phi) is 6.25. The average Bonchev–Trinajstić information content (AvgIpc) is 2.33. The number of nitrogens with one attached hydrogen (secondary N) is 1. The van der Waals surface area contributed by atoms with Crippen molar-refractivity contribution in [2.45, 2.75) is 18.2 Å². The van der Waals surface area contributed by atoms with E-state index in [4.69, 9.17) is 22.1 Å². The minimum atomic E-state index is -3.82. The largest absolute Gasteiger partial charge is 0.466 e. The van der Waals surface area contributed by atoms with Crippen molar-refractivity contribution < 1.29 is 17.9 Å². The normalized spacial score (nSPS) is 11.3. The molecule has 6 nitrogen and oxygen atoms in total. The van der Waals surface area contributed by atoms with Gasteiger partial charge in [-0.3, -0.25) is 4.79 Å². The zero-order chi connectivity index (χ0) is 15.3. The Bertz CT molecular complexity index is 607. The quantitative estimate of drug-likeness (QED) is 0.576. The molecule has 0 atom stereocenters. The number of carbonyl (C=O) groups excluding carboxylic acids is 1. The highest BCUT2D eigenvalue weighted by molar-refractivity contribution is 9.10. The van der Waals surface area contributed by atoms with E-state index in [0.29, 0.717) is 0 Å². The SMILES string of the molecule is CCOC(=O)CCNS(=O)(=O)c1cc(Cl)cc(N)c1Br. The molecule has 1 rings (SSSR count). The van der Waals surface area contributed by atoms with Crippen LogP contribution in [0.3, 0.4) is 0 Å². The molecule has 0 unspecified atom stereocenters. The van der Waals surface area contributed by atoms with Crippen molar-refractivity contribution in [2.75, 3.05) is 18.9 Å². The summed E-state index contributed by atoms with van der Waals surface area (Å²) in [5.41, 5.74) is 5.85. The summed E-state index contributed by atoms with van der Waals surface area (Å²) >= 11 is 8.89. The number of esters is 1. The van der Waals surface area contributed by atoms with Gasteiger partial charge < -0.3 is 10.5 Å². The number of benzene rings is 1. The molecule has 3 N–H and O–H groups in total. The Morgan fingerprint density at radius 3 is 2.75 bits per heavy atom. The molecule has 0 aliphatic carbocycles. The molecule has 20 heavy (non-hydrogen) atoms. The van der Waals surface area contributed by atoms with Crippen LogP contribution in [0.25, 0.3) is 0 Å². The maximum Gasteiger partial charge on any atom is 0.307 e. The van der Waals surface area contributed by atoms with Crippen LogP contribution in [0.4, 0.5) is 5.69 Å². The number of hydrogen-bond acceptors (Lipinski definition) is 5. The molecule has 1 aromatic carbocycles. The molecular weight excluding hydrogens is 372 g/mol. The minimum absolute atomic E-state index is 0.0548. The molecule has 0 fully saturated rings. The van der Waals surface area contributed by atoms with Crippen molar-refractivity contribution in [3.63, 3.8) is 0 Å². The number of nitrogens with two attached hydrogens (primary N) is 1. The van der Waals surface area contributed by atoms with Crippen molar-refractivity contribution in [2.24, 2.45) is 0 Å². The Labute approximate surface area is 130 Å². The lowest BCUT2D eigenvalue weighted by atomic mass is 10.3. The highest BCUT2D eigenvalue weighted by Crippen LogP contribution is 2.31. The van der Waals surface area contributed by atoms with Gasteiger partial charge in [-0.1, -0.05) is 11.6 Å². The van der Waals surface area contributed by atoms with E-state index in [0.717, 1.165) is 0 Å². The predicted octanol–water partition coefficient (Wildman–Crippen LogP) is 1.92. The molecule has 0 aromatic heterocycles. The van der Waals surface area contributed by atoms with E-state index in [1.54, 1.807) is 6.92 Å². The van der Waals surface area contributed by atoms with Crippen molar-refractivity contribution >= 4 is 49.2 Å². The highest BCUT2D eigenvalue weighted by Gasteiger charge is 2.20. The lowest BCUT2D eigenvalue weighted by Gasteiger charge is -2.10. The molecule has 0 aliphatic rings. The Hall–Kier alpha value is -0.830. The molecule has 0 amide bonds. The zero-order valence-corrected chi connectivity index (χ0v) is 13.8. The van der Waals surface area contributed by atoms with Crippen molar-refractivity contribution in [1.29, 1.82) is 0 Å². The molecule has 0 heterocycles.